The van der Waals surface area contributed by atoms with E-state index in [2.05, 4.69) is 22.8 Å². The second kappa shape index (κ2) is 10.2. The Balaban J connectivity index is 2.19. The normalized spacial score (nSPS) is 11.3. The molecule has 0 aliphatic carbocycles. The zero-order valence-corrected chi connectivity index (χ0v) is 14.8. The predicted octanol–water partition coefficient (Wildman–Crippen LogP) is 3.23. The minimum Gasteiger partial charge on any atom is -0.444 e. The van der Waals surface area contributed by atoms with Gasteiger partial charge in [-0.05, 0) is 51.8 Å². The molecular formula is C18H30N2O3. The Morgan fingerprint density at radius 1 is 1.13 bits per heavy atom. The van der Waals surface area contributed by atoms with Gasteiger partial charge in [0.25, 0.3) is 0 Å². The molecule has 0 heterocycles. The molecule has 23 heavy (non-hydrogen) atoms. The Hall–Kier alpha value is -1.59. The number of carbonyl (C=O) groups is 1. The highest BCUT2D eigenvalue weighted by atomic mass is 16.6. The van der Waals surface area contributed by atoms with E-state index in [-0.39, 0.29) is 6.09 Å². The Morgan fingerprint density at radius 3 is 2.48 bits per heavy atom. The molecule has 0 atom stereocenters. The smallest absolute Gasteiger partial charge is 0.407 e. The summed E-state index contributed by atoms with van der Waals surface area (Å²) in [5.74, 6) is 0. The maximum atomic E-state index is 11.5. The zero-order chi connectivity index (χ0) is 17.1. The minimum atomic E-state index is -0.452. The van der Waals surface area contributed by atoms with E-state index in [1.54, 1.807) is 0 Å². The standard InChI is InChI=1S/C18H30N2O3/c1-5-22-14-16-10-7-6-9-15(16)13-19-11-8-12-20-17(21)23-18(2,3)4/h6-7,9-10,19H,5,8,11-14H2,1-4H3,(H,20,21). The lowest BCUT2D eigenvalue weighted by molar-refractivity contribution is 0.0527. The van der Waals surface area contributed by atoms with Gasteiger partial charge in [-0.3, -0.25) is 0 Å². The van der Waals surface area contributed by atoms with E-state index in [0.29, 0.717) is 13.2 Å². The molecule has 0 fully saturated rings. The predicted molar refractivity (Wildman–Crippen MR) is 92.3 cm³/mol. The van der Waals surface area contributed by atoms with Crippen LogP contribution in [0.5, 0.6) is 0 Å². The maximum absolute atomic E-state index is 11.5. The number of nitrogens with one attached hydrogen (secondary N) is 2. The van der Waals surface area contributed by atoms with Gasteiger partial charge in [0, 0.05) is 19.7 Å². The van der Waals surface area contributed by atoms with E-state index < -0.39 is 5.60 Å². The van der Waals surface area contributed by atoms with Gasteiger partial charge in [0.05, 0.1) is 6.61 Å². The van der Waals surface area contributed by atoms with Crippen LogP contribution >= 0.6 is 0 Å². The molecule has 130 valence electrons. The van der Waals surface area contributed by atoms with Gasteiger partial charge in [0.2, 0.25) is 0 Å². The van der Waals surface area contributed by atoms with Crippen LogP contribution in [0.25, 0.3) is 0 Å². The molecular weight excluding hydrogens is 292 g/mol. The summed E-state index contributed by atoms with van der Waals surface area (Å²) < 4.78 is 10.7. The molecule has 1 aromatic rings. The first kappa shape index (κ1) is 19.5. The number of hydrogen-bond donors (Lipinski definition) is 2. The average Bonchev–Trinajstić information content (AvgIpc) is 2.47. The van der Waals surface area contributed by atoms with Crippen molar-refractivity contribution >= 4 is 6.09 Å². The fourth-order valence-electron chi connectivity index (χ4n) is 2.02. The van der Waals surface area contributed by atoms with Crippen molar-refractivity contribution in [3.05, 3.63) is 35.4 Å². The van der Waals surface area contributed by atoms with Gasteiger partial charge in [-0.1, -0.05) is 24.3 Å². The molecule has 0 saturated heterocycles. The van der Waals surface area contributed by atoms with Crippen molar-refractivity contribution in [1.29, 1.82) is 0 Å². The van der Waals surface area contributed by atoms with Crippen LogP contribution in [0.4, 0.5) is 4.79 Å². The van der Waals surface area contributed by atoms with Gasteiger partial charge in [0.15, 0.2) is 0 Å². The highest BCUT2D eigenvalue weighted by molar-refractivity contribution is 5.67. The molecule has 2 N–H and O–H groups in total. The summed E-state index contributed by atoms with van der Waals surface area (Å²) in [6.07, 6.45) is 0.493. The molecule has 0 saturated carbocycles. The van der Waals surface area contributed by atoms with Crippen LogP contribution in [0, 0.1) is 0 Å². The van der Waals surface area contributed by atoms with Gasteiger partial charge < -0.3 is 20.1 Å². The largest absolute Gasteiger partial charge is 0.444 e. The van der Waals surface area contributed by atoms with E-state index in [1.165, 1.54) is 11.1 Å². The van der Waals surface area contributed by atoms with Crippen LogP contribution in [0.3, 0.4) is 0 Å². The van der Waals surface area contributed by atoms with Crippen molar-refractivity contribution in [3.63, 3.8) is 0 Å². The highest BCUT2D eigenvalue weighted by Crippen LogP contribution is 2.10. The van der Waals surface area contributed by atoms with E-state index in [1.807, 2.05) is 39.8 Å². The second-order valence-electron chi connectivity index (χ2n) is 6.36. The van der Waals surface area contributed by atoms with Crippen LogP contribution in [0.2, 0.25) is 0 Å². The number of rotatable bonds is 9. The average molecular weight is 322 g/mol. The molecule has 1 aromatic carbocycles. The van der Waals surface area contributed by atoms with Crippen molar-refractivity contribution in [3.8, 4) is 0 Å². The first-order valence-electron chi connectivity index (χ1n) is 8.24. The lowest BCUT2D eigenvalue weighted by atomic mass is 10.1. The summed E-state index contributed by atoms with van der Waals surface area (Å²) in [4.78, 5) is 11.5. The van der Waals surface area contributed by atoms with Crippen molar-refractivity contribution < 1.29 is 14.3 Å². The zero-order valence-electron chi connectivity index (χ0n) is 14.8. The van der Waals surface area contributed by atoms with E-state index in [9.17, 15) is 4.79 Å². The van der Waals surface area contributed by atoms with Gasteiger partial charge >= 0.3 is 6.09 Å². The summed E-state index contributed by atoms with van der Waals surface area (Å²) in [6, 6.07) is 8.27. The third-order valence-corrected chi connectivity index (χ3v) is 3.09. The topological polar surface area (TPSA) is 59.6 Å². The van der Waals surface area contributed by atoms with Crippen LogP contribution in [-0.4, -0.2) is 31.4 Å². The molecule has 5 heteroatoms. The van der Waals surface area contributed by atoms with E-state index in [0.717, 1.165) is 26.1 Å². The molecule has 0 spiro atoms. The van der Waals surface area contributed by atoms with Gasteiger partial charge in [-0.15, -0.1) is 0 Å². The summed E-state index contributed by atoms with van der Waals surface area (Å²) in [5.41, 5.74) is 2.02. The lowest BCUT2D eigenvalue weighted by Gasteiger charge is -2.19. The third-order valence-electron chi connectivity index (χ3n) is 3.09. The van der Waals surface area contributed by atoms with Crippen LogP contribution in [0.1, 0.15) is 45.2 Å². The molecule has 0 bridgehead atoms. The van der Waals surface area contributed by atoms with E-state index in [4.69, 9.17) is 9.47 Å². The molecule has 0 aliphatic heterocycles. The summed E-state index contributed by atoms with van der Waals surface area (Å²) >= 11 is 0. The monoisotopic (exact) mass is 322 g/mol. The number of benzene rings is 1. The number of amides is 1. The van der Waals surface area contributed by atoms with Crippen molar-refractivity contribution in [2.75, 3.05) is 19.7 Å². The van der Waals surface area contributed by atoms with Gasteiger partial charge in [0.1, 0.15) is 5.60 Å². The fraction of sp³-hybridized carbons (Fsp3) is 0.611. The molecule has 0 aliphatic rings. The van der Waals surface area contributed by atoms with Gasteiger partial charge in [-0.2, -0.15) is 0 Å². The first-order chi connectivity index (χ1) is 10.9. The Bertz CT molecular complexity index is 470. The van der Waals surface area contributed by atoms with Crippen molar-refractivity contribution in [1.82, 2.24) is 10.6 Å². The van der Waals surface area contributed by atoms with Crippen LogP contribution in [0.15, 0.2) is 24.3 Å². The number of alkyl carbamates (subject to hydrolysis) is 1. The van der Waals surface area contributed by atoms with Crippen molar-refractivity contribution in [2.45, 2.75) is 52.9 Å². The second-order valence-corrected chi connectivity index (χ2v) is 6.36. The summed E-state index contributed by atoms with van der Waals surface area (Å²) in [7, 11) is 0. The molecule has 5 nitrogen and oxygen atoms in total. The molecule has 0 aromatic heterocycles. The van der Waals surface area contributed by atoms with Crippen molar-refractivity contribution in [2.24, 2.45) is 0 Å². The minimum absolute atomic E-state index is 0.362. The lowest BCUT2D eigenvalue weighted by Crippen LogP contribution is -2.33. The van der Waals surface area contributed by atoms with Crippen LogP contribution in [-0.2, 0) is 22.6 Å². The Kier molecular flexibility index (Phi) is 8.66. The SMILES string of the molecule is CCOCc1ccccc1CNCCCNC(=O)OC(C)(C)C. The van der Waals surface area contributed by atoms with Gasteiger partial charge in [-0.25, -0.2) is 4.79 Å². The number of carbonyl (C=O) groups excluding carboxylic acids is 1. The quantitative estimate of drug-likeness (QED) is 0.685. The third kappa shape index (κ3) is 9.21. The maximum Gasteiger partial charge on any atom is 0.407 e. The Morgan fingerprint density at radius 2 is 1.83 bits per heavy atom. The molecule has 0 unspecified atom stereocenters. The number of ether oxygens (including phenoxy) is 2. The summed E-state index contributed by atoms with van der Waals surface area (Å²) in [6.45, 7) is 11.2. The van der Waals surface area contributed by atoms with E-state index >= 15 is 0 Å². The van der Waals surface area contributed by atoms with Crippen LogP contribution < -0.4 is 10.6 Å². The molecule has 1 rings (SSSR count). The molecule has 0 radical (unpaired) electrons. The summed E-state index contributed by atoms with van der Waals surface area (Å²) in [5, 5.41) is 6.15. The molecule has 1 amide bonds. The fourth-order valence-corrected chi connectivity index (χ4v) is 2.02. The Labute approximate surface area is 139 Å². The highest BCUT2D eigenvalue weighted by Gasteiger charge is 2.15. The number of hydrogen-bond acceptors (Lipinski definition) is 4. The first-order valence-corrected chi connectivity index (χ1v) is 8.24.